The van der Waals surface area contributed by atoms with Gasteiger partial charge in [-0.3, -0.25) is 0 Å². The monoisotopic (exact) mass is 474 g/mol. The third kappa shape index (κ3) is 2.60. The van der Waals surface area contributed by atoms with E-state index in [1.807, 2.05) is 0 Å². The van der Waals surface area contributed by atoms with Crippen LogP contribution in [0.1, 0.15) is 41.8 Å². The lowest BCUT2D eigenvalue weighted by atomic mass is 9.64. The molecule has 37 heavy (non-hydrogen) atoms. The second kappa shape index (κ2) is 7.36. The molecule has 5 aromatic carbocycles. The lowest BCUT2D eigenvalue weighted by Crippen LogP contribution is -2.33. The molecule has 6 aromatic rings. The highest BCUT2D eigenvalue weighted by Crippen LogP contribution is 2.61. The Morgan fingerprint density at radius 1 is 0.622 bits per heavy atom. The van der Waals surface area contributed by atoms with Gasteiger partial charge in [-0.2, -0.15) is 0 Å². The number of aromatic nitrogens is 2. The molecule has 0 N–H and O–H groups in total. The van der Waals surface area contributed by atoms with Crippen LogP contribution in [0.5, 0.6) is 0 Å². The molecule has 0 saturated heterocycles. The maximum absolute atomic E-state index is 5.63. The molecule has 0 atom stereocenters. The number of para-hydroxylation sites is 1. The van der Waals surface area contributed by atoms with E-state index in [1.165, 1.54) is 49.7 Å². The maximum Gasteiger partial charge on any atom is 0.0947 e. The van der Waals surface area contributed by atoms with E-state index in [0.29, 0.717) is 5.92 Å². The molecule has 176 valence electrons. The van der Waals surface area contributed by atoms with Crippen molar-refractivity contribution in [2.45, 2.75) is 25.7 Å². The van der Waals surface area contributed by atoms with Crippen LogP contribution in [0.3, 0.4) is 0 Å². The van der Waals surface area contributed by atoms with Gasteiger partial charge in [0.25, 0.3) is 0 Å². The fraction of sp³-hybridized carbons (Fsp3) is 0.143. The Labute approximate surface area is 216 Å². The van der Waals surface area contributed by atoms with Gasteiger partial charge in [0.05, 0.1) is 27.8 Å². The van der Waals surface area contributed by atoms with Crippen LogP contribution in [0, 0.1) is 5.92 Å². The van der Waals surface area contributed by atoms with E-state index in [0.717, 1.165) is 28.8 Å². The zero-order valence-corrected chi connectivity index (χ0v) is 21.0. The molecular weight excluding hydrogens is 448 g/mol. The molecule has 2 nitrogen and oxygen atoms in total. The number of hydrogen-bond donors (Lipinski definition) is 0. The Hall–Kier alpha value is -4.30. The predicted octanol–water partition coefficient (Wildman–Crippen LogP) is 8.33. The summed E-state index contributed by atoms with van der Waals surface area (Å²) in [6.45, 7) is 4.54. The fourth-order valence-electron chi connectivity index (χ4n) is 6.95. The van der Waals surface area contributed by atoms with E-state index in [-0.39, 0.29) is 0 Å². The van der Waals surface area contributed by atoms with Gasteiger partial charge in [0.2, 0.25) is 0 Å². The lowest BCUT2D eigenvalue weighted by Gasteiger charge is -2.38. The molecule has 8 rings (SSSR count). The van der Waals surface area contributed by atoms with Crippen molar-refractivity contribution >= 4 is 21.8 Å². The van der Waals surface area contributed by atoms with Crippen LogP contribution in [-0.2, 0) is 11.8 Å². The highest BCUT2D eigenvalue weighted by atomic mass is 14.9. The largest absolute Gasteiger partial charge is 0.247 e. The summed E-state index contributed by atoms with van der Waals surface area (Å²) < 4.78 is 0. The quantitative estimate of drug-likeness (QED) is 0.252. The summed E-state index contributed by atoms with van der Waals surface area (Å²) in [5.41, 5.74) is 12.5. The molecule has 0 bridgehead atoms. The van der Waals surface area contributed by atoms with Gasteiger partial charge in [0, 0.05) is 5.56 Å². The van der Waals surface area contributed by atoms with Crippen molar-refractivity contribution < 1.29 is 0 Å². The van der Waals surface area contributed by atoms with E-state index in [1.54, 1.807) is 0 Å². The number of benzene rings is 5. The van der Waals surface area contributed by atoms with Gasteiger partial charge < -0.3 is 0 Å². The van der Waals surface area contributed by atoms with Crippen LogP contribution >= 0.6 is 0 Å². The Balaban J connectivity index is 1.62. The average Bonchev–Trinajstić information content (AvgIpc) is 3.22. The van der Waals surface area contributed by atoms with Gasteiger partial charge in [-0.05, 0) is 62.6 Å². The van der Waals surface area contributed by atoms with E-state index in [9.17, 15) is 0 Å². The minimum atomic E-state index is -0.511. The van der Waals surface area contributed by atoms with Crippen LogP contribution in [0.2, 0.25) is 0 Å². The van der Waals surface area contributed by atoms with E-state index in [4.69, 9.17) is 9.97 Å². The van der Waals surface area contributed by atoms with E-state index >= 15 is 0 Å². The first-order chi connectivity index (χ1) is 18.2. The van der Waals surface area contributed by atoms with Crippen molar-refractivity contribution in [1.82, 2.24) is 9.97 Å². The molecule has 0 aliphatic heterocycles. The van der Waals surface area contributed by atoms with Crippen molar-refractivity contribution in [1.29, 1.82) is 0 Å². The van der Waals surface area contributed by atoms with Gasteiger partial charge >= 0.3 is 0 Å². The molecule has 2 heteroatoms. The van der Waals surface area contributed by atoms with Crippen LogP contribution in [0.4, 0.5) is 0 Å². The molecule has 1 heterocycles. The zero-order chi connectivity index (χ0) is 24.7. The summed E-state index contributed by atoms with van der Waals surface area (Å²) >= 11 is 0. The summed E-state index contributed by atoms with van der Waals surface area (Å²) in [7, 11) is 0. The molecule has 1 spiro atoms. The Bertz CT molecular complexity index is 1850. The topological polar surface area (TPSA) is 25.8 Å². The smallest absolute Gasteiger partial charge is 0.0947 e. The van der Waals surface area contributed by atoms with Crippen molar-refractivity contribution in [2.24, 2.45) is 5.92 Å². The molecule has 2 aliphatic rings. The van der Waals surface area contributed by atoms with Crippen molar-refractivity contribution in [3.63, 3.8) is 0 Å². The Kier molecular flexibility index (Phi) is 4.15. The standard InChI is InChI=1S/C35H26N2/c1-21(2)20-23-12-9-19-30-32(23)37-34-33(36-30)26-15-7-10-22-11-8-18-29(31(22)26)35(34)27-16-5-3-13-24(27)25-14-4-6-17-28(25)35/h3-19,21H,20H2,1-2H3. The van der Waals surface area contributed by atoms with Crippen LogP contribution < -0.4 is 0 Å². The highest BCUT2D eigenvalue weighted by Gasteiger charge is 2.51. The number of rotatable bonds is 2. The van der Waals surface area contributed by atoms with Crippen LogP contribution in [-0.4, -0.2) is 9.97 Å². The molecule has 0 unspecified atom stereocenters. The number of hydrogen-bond acceptors (Lipinski definition) is 2. The molecule has 0 amide bonds. The summed E-state index contributed by atoms with van der Waals surface area (Å²) in [6.07, 6.45) is 0.983. The highest BCUT2D eigenvalue weighted by molar-refractivity contribution is 6.06. The van der Waals surface area contributed by atoms with Crippen molar-refractivity contribution in [2.75, 3.05) is 0 Å². The Morgan fingerprint density at radius 3 is 1.97 bits per heavy atom. The maximum atomic E-state index is 5.63. The predicted molar refractivity (Wildman–Crippen MR) is 152 cm³/mol. The normalized spacial score (nSPS) is 14.2. The Morgan fingerprint density at radius 2 is 1.24 bits per heavy atom. The van der Waals surface area contributed by atoms with E-state index in [2.05, 4.69) is 117 Å². The summed E-state index contributed by atoms with van der Waals surface area (Å²) in [5.74, 6) is 0.541. The third-order valence-electron chi connectivity index (χ3n) is 8.28. The van der Waals surface area contributed by atoms with Gasteiger partial charge in [-0.15, -0.1) is 0 Å². The molecule has 0 radical (unpaired) electrons. The second-order valence-corrected chi connectivity index (χ2v) is 10.9. The first-order valence-electron chi connectivity index (χ1n) is 13.2. The fourth-order valence-corrected chi connectivity index (χ4v) is 6.95. The molecule has 0 fully saturated rings. The minimum absolute atomic E-state index is 0.511. The van der Waals surface area contributed by atoms with Gasteiger partial charge in [-0.25, -0.2) is 9.97 Å². The SMILES string of the molecule is CC(C)Cc1cccc2nc3c(nc12)C1(c2ccccc2-c2ccccc21)c1cccc2cccc-3c12. The summed E-state index contributed by atoms with van der Waals surface area (Å²) in [4.78, 5) is 11.0. The van der Waals surface area contributed by atoms with Crippen LogP contribution in [0.25, 0.3) is 44.2 Å². The number of fused-ring (bicyclic) bond motifs is 10. The summed E-state index contributed by atoms with van der Waals surface area (Å²) in [6, 6.07) is 37.6. The van der Waals surface area contributed by atoms with Crippen LogP contribution in [0.15, 0.2) is 103 Å². The molecule has 0 saturated carbocycles. The number of nitrogens with zero attached hydrogens (tertiary/aromatic N) is 2. The third-order valence-corrected chi connectivity index (χ3v) is 8.28. The molecule has 1 aromatic heterocycles. The van der Waals surface area contributed by atoms with E-state index < -0.39 is 5.41 Å². The van der Waals surface area contributed by atoms with Gasteiger partial charge in [0.15, 0.2) is 0 Å². The molecule has 2 aliphatic carbocycles. The zero-order valence-electron chi connectivity index (χ0n) is 21.0. The van der Waals surface area contributed by atoms with Gasteiger partial charge in [-0.1, -0.05) is 111 Å². The van der Waals surface area contributed by atoms with Gasteiger partial charge in [0.1, 0.15) is 0 Å². The average molecular weight is 475 g/mol. The second-order valence-electron chi connectivity index (χ2n) is 10.9. The summed E-state index contributed by atoms with van der Waals surface area (Å²) in [5, 5.41) is 2.54. The molecular formula is C35H26N2. The first kappa shape index (κ1) is 20.8. The minimum Gasteiger partial charge on any atom is -0.247 e. The lowest BCUT2D eigenvalue weighted by molar-refractivity contribution is 0.648. The van der Waals surface area contributed by atoms with Crippen molar-refractivity contribution in [3.8, 4) is 22.4 Å². The first-order valence-corrected chi connectivity index (χ1v) is 13.2. The van der Waals surface area contributed by atoms with Crippen molar-refractivity contribution in [3.05, 3.63) is 131 Å².